The molecule has 0 unspecified atom stereocenters. The number of hydrogen-bond acceptors (Lipinski definition) is 6. The summed E-state index contributed by atoms with van der Waals surface area (Å²) < 4.78 is 47.7. The zero-order valence-corrected chi connectivity index (χ0v) is 15.7. The SMILES string of the molecule is C[C@H](O)[C@H]1COc2c(cn(C)c2C(=O)Nc2ccc(F)c(C#N)c2)S(=O)(=O)N1. The highest BCUT2D eigenvalue weighted by Crippen LogP contribution is 2.33. The second-order valence-corrected chi connectivity index (χ2v) is 8.00. The number of nitrogens with one attached hydrogen (secondary N) is 2. The van der Waals surface area contributed by atoms with Crippen LogP contribution in [0.1, 0.15) is 23.0 Å². The van der Waals surface area contributed by atoms with Gasteiger partial charge in [0.25, 0.3) is 5.91 Å². The van der Waals surface area contributed by atoms with Crippen molar-refractivity contribution < 1.29 is 27.4 Å². The topological polar surface area (TPSA) is 133 Å². The Morgan fingerprint density at radius 1 is 1.54 bits per heavy atom. The van der Waals surface area contributed by atoms with Gasteiger partial charge in [0.15, 0.2) is 11.4 Å². The van der Waals surface area contributed by atoms with Gasteiger partial charge in [-0.15, -0.1) is 0 Å². The minimum absolute atomic E-state index is 0.0746. The monoisotopic (exact) mass is 408 g/mol. The molecule has 0 radical (unpaired) electrons. The van der Waals surface area contributed by atoms with Gasteiger partial charge in [0.2, 0.25) is 10.0 Å². The smallest absolute Gasteiger partial charge is 0.276 e. The molecule has 148 valence electrons. The van der Waals surface area contributed by atoms with Gasteiger partial charge in [-0.05, 0) is 25.1 Å². The van der Waals surface area contributed by atoms with Gasteiger partial charge in [-0.3, -0.25) is 4.79 Å². The van der Waals surface area contributed by atoms with Crippen LogP contribution < -0.4 is 14.8 Å². The third-order valence-electron chi connectivity index (χ3n) is 4.25. The number of sulfonamides is 1. The van der Waals surface area contributed by atoms with Gasteiger partial charge >= 0.3 is 0 Å². The first kappa shape index (κ1) is 19.8. The number of carbonyl (C=O) groups excluding carboxylic acids is 1. The van der Waals surface area contributed by atoms with Crippen LogP contribution in [0.15, 0.2) is 29.3 Å². The number of aromatic nitrogens is 1. The van der Waals surface area contributed by atoms with Crippen molar-refractivity contribution in [2.45, 2.75) is 24.0 Å². The summed E-state index contributed by atoms with van der Waals surface area (Å²) in [6, 6.07) is 4.27. The average molecular weight is 408 g/mol. The molecule has 0 spiro atoms. The Labute approximate surface area is 160 Å². The third-order valence-corrected chi connectivity index (χ3v) is 5.73. The number of nitriles is 1. The molecule has 1 amide bonds. The first-order chi connectivity index (χ1) is 13.1. The summed E-state index contributed by atoms with van der Waals surface area (Å²) in [6.07, 6.45) is 0.218. The van der Waals surface area contributed by atoms with Crippen molar-refractivity contribution in [1.29, 1.82) is 5.26 Å². The summed E-state index contributed by atoms with van der Waals surface area (Å²) in [7, 11) is -2.55. The number of anilines is 1. The minimum Gasteiger partial charge on any atom is -0.488 e. The van der Waals surface area contributed by atoms with Crippen LogP contribution >= 0.6 is 0 Å². The molecular formula is C17H17FN4O5S. The summed E-state index contributed by atoms with van der Waals surface area (Å²) in [5, 5.41) is 21.1. The average Bonchev–Trinajstić information content (AvgIpc) is 2.90. The molecular weight excluding hydrogens is 391 g/mol. The van der Waals surface area contributed by atoms with Crippen LogP contribution in [0.3, 0.4) is 0 Å². The Morgan fingerprint density at radius 3 is 2.89 bits per heavy atom. The van der Waals surface area contributed by atoms with E-state index < -0.39 is 33.9 Å². The lowest BCUT2D eigenvalue weighted by Crippen LogP contribution is -2.44. The molecule has 11 heteroatoms. The molecule has 2 aromatic rings. The Morgan fingerprint density at radius 2 is 2.25 bits per heavy atom. The number of rotatable bonds is 3. The van der Waals surface area contributed by atoms with Gasteiger partial charge in [-0.1, -0.05) is 0 Å². The van der Waals surface area contributed by atoms with E-state index in [1.165, 1.54) is 30.8 Å². The van der Waals surface area contributed by atoms with Crippen molar-refractivity contribution in [1.82, 2.24) is 9.29 Å². The van der Waals surface area contributed by atoms with Crippen LogP contribution in [-0.4, -0.2) is 42.8 Å². The van der Waals surface area contributed by atoms with Crippen molar-refractivity contribution in [3.63, 3.8) is 0 Å². The van der Waals surface area contributed by atoms with E-state index in [4.69, 9.17) is 10.00 Å². The van der Waals surface area contributed by atoms with E-state index in [0.717, 1.165) is 12.1 Å². The van der Waals surface area contributed by atoms with Crippen molar-refractivity contribution in [3.8, 4) is 11.8 Å². The zero-order valence-electron chi connectivity index (χ0n) is 14.9. The lowest BCUT2D eigenvalue weighted by molar-refractivity contribution is 0.100. The summed E-state index contributed by atoms with van der Waals surface area (Å²) in [5.74, 6) is -1.58. The Kier molecular flexibility index (Phi) is 5.12. The molecule has 1 aliphatic rings. The summed E-state index contributed by atoms with van der Waals surface area (Å²) >= 11 is 0. The van der Waals surface area contributed by atoms with E-state index >= 15 is 0 Å². The van der Waals surface area contributed by atoms with Crippen LogP contribution in [-0.2, 0) is 17.1 Å². The number of fused-ring (bicyclic) bond motifs is 1. The number of carbonyl (C=O) groups is 1. The number of aliphatic hydroxyl groups excluding tert-OH is 1. The number of halogens is 1. The molecule has 2 atom stereocenters. The van der Waals surface area contributed by atoms with Crippen molar-refractivity contribution >= 4 is 21.6 Å². The van der Waals surface area contributed by atoms with Gasteiger partial charge in [-0.25, -0.2) is 17.5 Å². The van der Waals surface area contributed by atoms with E-state index in [2.05, 4.69) is 10.0 Å². The van der Waals surface area contributed by atoms with Gasteiger partial charge in [0.1, 0.15) is 23.4 Å². The van der Waals surface area contributed by atoms with Gasteiger partial charge in [0.05, 0.1) is 17.7 Å². The number of aliphatic hydroxyl groups is 1. The third kappa shape index (κ3) is 3.57. The van der Waals surface area contributed by atoms with Crippen molar-refractivity contribution in [3.05, 3.63) is 41.5 Å². The maximum atomic E-state index is 13.4. The molecule has 3 N–H and O–H groups in total. The lowest BCUT2D eigenvalue weighted by Gasteiger charge is -2.18. The van der Waals surface area contributed by atoms with Gasteiger partial charge in [0, 0.05) is 18.9 Å². The molecule has 1 aliphatic heterocycles. The molecule has 0 aliphatic carbocycles. The second kappa shape index (κ2) is 7.23. The molecule has 0 saturated carbocycles. The summed E-state index contributed by atoms with van der Waals surface area (Å²) in [4.78, 5) is 12.5. The van der Waals surface area contributed by atoms with Gasteiger partial charge in [-0.2, -0.15) is 5.26 Å². The summed E-state index contributed by atoms with van der Waals surface area (Å²) in [5.41, 5.74) is -0.157. The predicted molar refractivity (Wildman–Crippen MR) is 95.8 cm³/mol. The second-order valence-electron chi connectivity index (χ2n) is 6.32. The lowest BCUT2D eigenvalue weighted by atomic mass is 10.2. The molecule has 0 saturated heterocycles. The first-order valence-corrected chi connectivity index (χ1v) is 9.66. The van der Waals surface area contributed by atoms with E-state index in [0.29, 0.717) is 0 Å². The highest BCUT2D eigenvalue weighted by molar-refractivity contribution is 7.89. The molecule has 9 nitrogen and oxygen atoms in total. The number of hydrogen-bond donors (Lipinski definition) is 3. The Bertz CT molecular complexity index is 1090. The highest BCUT2D eigenvalue weighted by atomic mass is 32.2. The first-order valence-electron chi connectivity index (χ1n) is 8.17. The van der Waals surface area contributed by atoms with E-state index in [1.54, 1.807) is 6.07 Å². The molecule has 1 aromatic heterocycles. The van der Waals surface area contributed by atoms with Crippen LogP contribution in [0, 0.1) is 17.1 Å². The van der Waals surface area contributed by atoms with Crippen molar-refractivity contribution in [2.24, 2.45) is 7.05 Å². The van der Waals surface area contributed by atoms with Crippen LogP contribution in [0.4, 0.5) is 10.1 Å². The molecule has 1 aromatic carbocycles. The van der Waals surface area contributed by atoms with Crippen LogP contribution in [0.5, 0.6) is 5.75 Å². The number of ether oxygens (including phenoxy) is 1. The van der Waals surface area contributed by atoms with Crippen molar-refractivity contribution in [2.75, 3.05) is 11.9 Å². The highest BCUT2D eigenvalue weighted by Gasteiger charge is 2.35. The maximum Gasteiger partial charge on any atom is 0.276 e. The van der Waals surface area contributed by atoms with E-state index in [1.807, 2.05) is 0 Å². The number of aryl methyl sites for hydroxylation is 1. The van der Waals surface area contributed by atoms with Gasteiger partial charge < -0.3 is 19.7 Å². The van der Waals surface area contributed by atoms with E-state index in [9.17, 15) is 22.7 Å². The number of amides is 1. The molecule has 0 bridgehead atoms. The minimum atomic E-state index is -4.03. The fourth-order valence-corrected chi connectivity index (χ4v) is 4.24. The Balaban J connectivity index is 1.98. The molecule has 28 heavy (non-hydrogen) atoms. The van der Waals surface area contributed by atoms with Crippen LogP contribution in [0.2, 0.25) is 0 Å². The standard InChI is InChI=1S/C17H17FN4O5S/c1-9(23)13-8-27-16-14(28(25,26)21-13)7-22(2)15(16)17(24)20-11-3-4-12(18)10(5-11)6-19/h3-5,7,9,13,21,23H,8H2,1-2H3,(H,20,24)/t9-,13+/m0/s1. The number of benzene rings is 1. The molecule has 3 rings (SSSR count). The molecule has 2 heterocycles. The largest absolute Gasteiger partial charge is 0.488 e. The molecule has 0 fully saturated rings. The number of nitrogens with zero attached hydrogens (tertiary/aromatic N) is 2. The van der Waals surface area contributed by atoms with Crippen LogP contribution in [0.25, 0.3) is 0 Å². The fraction of sp³-hybridized carbons (Fsp3) is 0.294. The Hall–Kier alpha value is -2.94. The van der Waals surface area contributed by atoms with E-state index in [-0.39, 0.29) is 34.2 Å². The normalized spacial score (nSPS) is 18.9. The maximum absolute atomic E-state index is 13.4. The quantitative estimate of drug-likeness (QED) is 0.685. The summed E-state index contributed by atoms with van der Waals surface area (Å²) in [6.45, 7) is 1.24. The zero-order chi connectivity index (χ0) is 20.6. The predicted octanol–water partition coefficient (Wildman–Crippen LogP) is 0.708. The fourth-order valence-electron chi connectivity index (χ4n) is 2.76.